The van der Waals surface area contributed by atoms with Crippen molar-refractivity contribution >= 4 is 5.91 Å². The summed E-state index contributed by atoms with van der Waals surface area (Å²) in [6.45, 7) is 2.76. The molecule has 5 heteroatoms. The molecule has 0 spiro atoms. The number of rotatable bonds is 6. The minimum atomic E-state index is 0.00879. The van der Waals surface area contributed by atoms with Crippen LogP contribution in [-0.4, -0.2) is 49.3 Å². The maximum atomic E-state index is 11.9. The molecule has 0 aliphatic carbocycles. The van der Waals surface area contributed by atoms with Crippen molar-refractivity contribution in [3.05, 3.63) is 29.8 Å². The Morgan fingerprint density at radius 3 is 3.00 bits per heavy atom. The zero-order valence-electron chi connectivity index (χ0n) is 11.8. The van der Waals surface area contributed by atoms with Gasteiger partial charge in [-0.05, 0) is 24.9 Å². The maximum Gasteiger partial charge on any atom is 0.234 e. The third-order valence-electron chi connectivity index (χ3n) is 3.66. The molecule has 0 radical (unpaired) electrons. The highest BCUT2D eigenvalue weighted by atomic mass is 16.5. The summed E-state index contributed by atoms with van der Waals surface area (Å²) in [6.07, 6.45) is 0.969. The van der Waals surface area contributed by atoms with Gasteiger partial charge in [0.15, 0.2) is 0 Å². The minimum Gasteiger partial charge on any atom is -0.496 e. The average molecular weight is 278 g/mol. The second-order valence-electron chi connectivity index (χ2n) is 5.16. The number of carbonyl (C=O) groups is 1. The van der Waals surface area contributed by atoms with Crippen LogP contribution in [0.5, 0.6) is 5.75 Å². The number of hydrogen-bond donors (Lipinski definition) is 2. The van der Waals surface area contributed by atoms with Gasteiger partial charge in [-0.1, -0.05) is 18.2 Å². The number of hydrogen-bond acceptors (Lipinski definition) is 4. The standard InChI is InChI=1S/C15H22N2O3/c1-20-14-5-3-2-4-13(14)8-16-15(19)10-17-7-6-12(9-17)11-18/h2-5,12,18H,6-11H2,1H3,(H,16,19). The van der Waals surface area contributed by atoms with E-state index in [1.54, 1.807) is 7.11 Å². The van der Waals surface area contributed by atoms with Gasteiger partial charge in [-0.15, -0.1) is 0 Å². The lowest BCUT2D eigenvalue weighted by Gasteiger charge is -2.15. The number of nitrogens with zero attached hydrogens (tertiary/aromatic N) is 1. The number of benzene rings is 1. The van der Waals surface area contributed by atoms with Gasteiger partial charge in [-0.2, -0.15) is 0 Å². The van der Waals surface area contributed by atoms with Crippen molar-refractivity contribution in [2.75, 3.05) is 33.4 Å². The Bertz CT molecular complexity index is 450. The summed E-state index contributed by atoms with van der Waals surface area (Å²) >= 11 is 0. The van der Waals surface area contributed by atoms with E-state index in [9.17, 15) is 4.79 Å². The molecule has 2 N–H and O–H groups in total. The lowest BCUT2D eigenvalue weighted by Crippen LogP contribution is -2.36. The highest BCUT2D eigenvalue weighted by Gasteiger charge is 2.23. The van der Waals surface area contributed by atoms with E-state index in [0.717, 1.165) is 30.8 Å². The number of methoxy groups -OCH3 is 1. The molecular weight excluding hydrogens is 256 g/mol. The molecule has 1 aliphatic rings. The number of ether oxygens (including phenoxy) is 1. The molecule has 1 saturated heterocycles. The first-order valence-corrected chi connectivity index (χ1v) is 6.94. The summed E-state index contributed by atoms with van der Waals surface area (Å²) in [7, 11) is 1.62. The Kier molecular flexibility index (Phi) is 5.38. The lowest BCUT2D eigenvalue weighted by molar-refractivity contribution is -0.122. The SMILES string of the molecule is COc1ccccc1CNC(=O)CN1CCC(CO)C1. The number of carbonyl (C=O) groups excluding carboxylic acids is 1. The fourth-order valence-electron chi connectivity index (χ4n) is 2.51. The van der Waals surface area contributed by atoms with Gasteiger partial charge < -0.3 is 15.2 Å². The van der Waals surface area contributed by atoms with E-state index in [1.165, 1.54) is 0 Å². The molecule has 1 unspecified atom stereocenters. The van der Waals surface area contributed by atoms with Gasteiger partial charge in [0.1, 0.15) is 5.75 Å². The van der Waals surface area contributed by atoms with Gasteiger partial charge in [0, 0.05) is 25.3 Å². The zero-order valence-corrected chi connectivity index (χ0v) is 11.8. The van der Waals surface area contributed by atoms with Gasteiger partial charge >= 0.3 is 0 Å². The van der Waals surface area contributed by atoms with Gasteiger partial charge in [0.05, 0.1) is 13.7 Å². The summed E-state index contributed by atoms with van der Waals surface area (Å²) in [5.74, 6) is 1.11. The van der Waals surface area contributed by atoms with Crippen LogP contribution < -0.4 is 10.1 Å². The normalized spacial score (nSPS) is 19.0. The molecule has 1 amide bonds. The van der Waals surface area contributed by atoms with Crippen molar-refractivity contribution in [3.63, 3.8) is 0 Å². The highest BCUT2D eigenvalue weighted by molar-refractivity contribution is 5.78. The summed E-state index contributed by atoms with van der Waals surface area (Å²) in [6, 6.07) is 7.66. The van der Waals surface area contributed by atoms with Crippen LogP contribution >= 0.6 is 0 Å². The van der Waals surface area contributed by atoms with E-state index < -0.39 is 0 Å². The first-order chi connectivity index (χ1) is 9.72. The summed E-state index contributed by atoms with van der Waals surface area (Å²) < 4.78 is 5.25. The van der Waals surface area contributed by atoms with Crippen molar-refractivity contribution in [1.82, 2.24) is 10.2 Å². The van der Waals surface area contributed by atoms with E-state index in [1.807, 2.05) is 24.3 Å². The van der Waals surface area contributed by atoms with E-state index in [2.05, 4.69) is 10.2 Å². The van der Waals surface area contributed by atoms with Crippen molar-refractivity contribution in [2.45, 2.75) is 13.0 Å². The third kappa shape index (κ3) is 3.95. The summed E-state index contributed by atoms with van der Waals surface area (Å²) in [4.78, 5) is 14.0. The van der Waals surface area contributed by atoms with Crippen molar-refractivity contribution < 1.29 is 14.6 Å². The fraction of sp³-hybridized carbons (Fsp3) is 0.533. The monoisotopic (exact) mass is 278 g/mol. The van der Waals surface area contributed by atoms with Crippen molar-refractivity contribution in [1.29, 1.82) is 0 Å². The van der Waals surface area contributed by atoms with Gasteiger partial charge in [0.2, 0.25) is 5.91 Å². The van der Waals surface area contributed by atoms with Crippen LogP contribution in [0.2, 0.25) is 0 Å². The second kappa shape index (κ2) is 7.26. The number of aliphatic hydroxyl groups is 1. The molecule has 0 saturated carbocycles. The van der Waals surface area contributed by atoms with Crippen molar-refractivity contribution in [3.8, 4) is 5.75 Å². The summed E-state index contributed by atoms with van der Waals surface area (Å²) in [5, 5.41) is 12.0. The lowest BCUT2D eigenvalue weighted by atomic mass is 10.1. The van der Waals surface area contributed by atoms with Crippen LogP contribution in [0, 0.1) is 5.92 Å². The van der Waals surface area contributed by atoms with Crippen LogP contribution in [0.1, 0.15) is 12.0 Å². The van der Waals surface area contributed by atoms with Crippen LogP contribution in [-0.2, 0) is 11.3 Å². The van der Waals surface area contributed by atoms with Crippen LogP contribution in [0.4, 0.5) is 0 Å². The molecule has 1 heterocycles. The Morgan fingerprint density at radius 1 is 1.50 bits per heavy atom. The number of para-hydroxylation sites is 1. The van der Waals surface area contributed by atoms with E-state index in [4.69, 9.17) is 9.84 Å². The second-order valence-corrected chi connectivity index (χ2v) is 5.16. The molecule has 1 aliphatic heterocycles. The number of nitrogens with one attached hydrogen (secondary N) is 1. The number of likely N-dealkylation sites (tertiary alicyclic amines) is 1. The molecule has 1 fully saturated rings. The maximum absolute atomic E-state index is 11.9. The molecule has 2 rings (SSSR count). The topological polar surface area (TPSA) is 61.8 Å². The molecule has 110 valence electrons. The Balaban J connectivity index is 1.78. The highest BCUT2D eigenvalue weighted by Crippen LogP contribution is 2.17. The predicted octanol–water partition coefficient (Wildman–Crippen LogP) is 0.626. The summed E-state index contributed by atoms with van der Waals surface area (Å²) in [5.41, 5.74) is 0.970. The zero-order chi connectivity index (χ0) is 14.4. The Morgan fingerprint density at radius 2 is 2.30 bits per heavy atom. The first-order valence-electron chi connectivity index (χ1n) is 6.94. The molecule has 1 atom stereocenters. The minimum absolute atomic E-state index is 0.00879. The molecule has 5 nitrogen and oxygen atoms in total. The molecular formula is C15H22N2O3. The molecule has 0 bridgehead atoms. The van der Waals surface area contributed by atoms with E-state index in [-0.39, 0.29) is 12.5 Å². The third-order valence-corrected chi connectivity index (χ3v) is 3.66. The predicted molar refractivity (Wildman–Crippen MR) is 76.5 cm³/mol. The van der Waals surface area contributed by atoms with Gasteiger partial charge in [-0.3, -0.25) is 9.69 Å². The van der Waals surface area contributed by atoms with E-state index >= 15 is 0 Å². The first kappa shape index (κ1) is 14.8. The number of aliphatic hydroxyl groups excluding tert-OH is 1. The smallest absolute Gasteiger partial charge is 0.234 e. The number of amides is 1. The van der Waals surface area contributed by atoms with Crippen LogP contribution in [0.3, 0.4) is 0 Å². The molecule has 1 aromatic rings. The Hall–Kier alpha value is -1.59. The van der Waals surface area contributed by atoms with E-state index in [0.29, 0.717) is 19.0 Å². The largest absolute Gasteiger partial charge is 0.496 e. The molecule has 0 aromatic heterocycles. The fourth-order valence-corrected chi connectivity index (χ4v) is 2.51. The van der Waals surface area contributed by atoms with Crippen molar-refractivity contribution in [2.24, 2.45) is 5.92 Å². The van der Waals surface area contributed by atoms with Gasteiger partial charge in [0.25, 0.3) is 0 Å². The van der Waals surface area contributed by atoms with Crippen LogP contribution in [0.25, 0.3) is 0 Å². The quantitative estimate of drug-likeness (QED) is 0.801. The molecule has 1 aromatic carbocycles. The van der Waals surface area contributed by atoms with Crippen LogP contribution in [0.15, 0.2) is 24.3 Å². The molecule has 20 heavy (non-hydrogen) atoms. The Labute approximate surface area is 119 Å². The van der Waals surface area contributed by atoms with Gasteiger partial charge in [-0.25, -0.2) is 0 Å². The average Bonchev–Trinajstić information content (AvgIpc) is 2.93.